The Bertz CT molecular complexity index is 912. The summed E-state index contributed by atoms with van der Waals surface area (Å²) >= 11 is 3.16. The molecular formula is C18H18N2O4S2. The zero-order valence-electron chi connectivity index (χ0n) is 14.6. The van der Waals surface area contributed by atoms with Crippen LogP contribution in [-0.2, 0) is 22.5 Å². The van der Waals surface area contributed by atoms with Crippen LogP contribution in [0.4, 0.5) is 0 Å². The molecule has 26 heavy (non-hydrogen) atoms. The van der Waals surface area contributed by atoms with Crippen molar-refractivity contribution in [3.63, 3.8) is 0 Å². The molecule has 0 radical (unpaired) electrons. The second kappa shape index (κ2) is 7.84. The normalized spacial score (nSPS) is 10.7. The van der Waals surface area contributed by atoms with Gasteiger partial charge >= 0.3 is 5.97 Å². The molecule has 0 aliphatic heterocycles. The number of amides is 1. The number of rotatable bonds is 6. The van der Waals surface area contributed by atoms with Gasteiger partial charge < -0.3 is 14.1 Å². The predicted molar refractivity (Wildman–Crippen MR) is 100 cm³/mol. The van der Waals surface area contributed by atoms with Crippen LogP contribution in [0.25, 0.3) is 9.88 Å². The molecule has 0 fully saturated rings. The number of thiazole rings is 1. The van der Waals surface area contributed by atoms with Gasteiger partial charge in [-0.3, -0.25) is 4.79 Å². The number of aromatic nitrogens is 1. The Kier molecular flexibility index (Phi) is 5.53. The molecule has 3 aromatic heterocycles. The lowest BCUT2D eigenvalue weighted by molar-refractivity contribution is -0.130. The maximum absolute atomic E-state index is 12.5. The van der Waals surface area contributed by atoms with Crippen molar-refractivity contribution in [2.75, 3.05) is 14.2 Å². The summed E-state index contributed by atoms with van der Waals surface area (Å²) < 4.78 is 10.3. The van der Waals surface area contributed by atoms with E-state index >= 15 is 0 Å². The van der Waals surface area contributed by atoms with Crippen molar-refractivity contribution in [3.8, 4) is 9.88 Å². The zero-order valence-corrected chi connectivity index (χ0v) is 16.3. The lowest BCUT2D eigenvalue weighted by atomic mass is 10.2. The summed E-state index contributed by atoms with van der Waals surface area (Å²) in [6, 6.07) is 5.61. The van der Waals surface area contributed by atoms with E-state index in [0.717, 1.165) is 15.6 Å². The Morgan fingerprint density at radius 2 is 2.15 bits per heavy atom. The summed E-state index contributed by atoms with van der Waals surface area (Å²) in [7, 11) is 3.02. The van der Waals surface area contributed by atoms with Gasteiger partial charge in [0.15, 0.2) is 0 Å². The van der Waals surface area contributed by atoms with Gasteiger partial charge in [0.2, 0.25) is 5.91 Å². The fourth-order valence-corrected chi connectivity index (χ4v) is 4.08. The Morgan fingerprint density at radius 1 is 1.35 bits per heavy atom. The highest BCUT2D eigenvalue weighted by Gasteiger charge is 2.19. The lowest BCUT2D eigenvalue weighted by Gasteiger charge is -2.14. The van der Waals surface area contributed by atoms with Crippen LogP contribution in [0.2, 0.25) is 0 Å². The first kappa shape index (κ1) is 18.3. The monoisotopic (exact) mass is 390 g/mol. The first-order chi connectivity index (χ1) is 12.5. The van der Waals surface area contributed by atoms with E-state index in [1.165, 1.54) is 18.4 Å². The number of thiophene rings is 1. The topological polar surface area (TPSA) is 72.6 Å². The number of carbonyl (C=O) groups excluding carboxylic acids is 2. The molecule has 6 nitrogen and oxygen atoms in total. The van der Waals surface area contributed by atoms with Gasteiger partial charge in [-0.15, -0.1) is 22.7 Å². The first-order valence-corrected chi connectivity index (χ1v) is 9.63. The number of hydrogen-bond acceptors (Lipinski definition) is 7. The largest absolute Gasteiger partial charge is 0.465 e. The summed E-state index contributed by atoms with van der Waals surface area (Å²) in [5.74, 6) is 0.501. The van der Waals surface area contributed by atoms with Crippen molar-refractivity contribution in [1.29, 1.82) is 0 Å². The molecule has 0 atom stereocenters. The van der Waals surface area contributed by atoms with E-state index < -0.39 is 5.97 Å². The van der Waals surface area contributed by atoms with Crippen LogP contribution in [0.3, 0.4) is 0 Å². The first-order valence-electron chi connectivity index (χ1n) is 7.87. The molecule has 0 aliphatic rings. The molecule has 3 aromatic rings. The Morgan fingerprint density at radius 3 is 2.85 bits per heavy atom. The molecule has 0 bridgehead atoms. The zero-order chi connectivity index (χ0) is 18.7. The van der Waals surface area contributed by atoms with Crippen LogP contribution in [0.1, 0.15) is 27.6 Å². The maximum Gasteiger partial charge on any atom is 0.341 e. The molecule has 0 N–H and O–H groups in total. The predicted octanol–water partition coefficient (Wildman–Crippen LogP) is 3.76. The minimum Gasteiger partial charge on any atom is -0.465 e. The van der Waals surface area contributed by atoms with Crippen LogP contribution in [-0.4, -0.2) is 35.9 Å². The molecule has 0 aromatic carbocycles. The number of methoxy groups -OCH3 is 1. The van der Waals surface area contributed by atoms with Gasteiger partial charge in [0.1, 0.15) is 22.1 Å². The third kappa shape index (κ3) is 4.03. The quantitative estimate of drug-likeness (QED) is 0.599. The molecular weight excluding hydrogens is 372 g/mol. The summed E-state index contributed by atoms with van der Waals surface area (Å²) in [5, 5.41) is 4.84. The van der Waals surface area contributed by atoms with Crippen LogP contribution in [0.15, 0.2) is 33.4 Å². The number of aryl methyl sites for hydroxylation is 1. The molecule has 8 heteroatoms. The van der Waals surface area contributed by atoms with Gasteiger partial charge in [0.05, 0.1) is 30.6 Å². The van der Waals surface area contributed by atoms with E-state index in [9.17, 15) is 9.59 Å². The van der Waals surface area contributed by atoms with Gasteiger partial charge in [-0.2, -0.15) is 0 Å². The van der Waals surface area contributed by atoms with Crippen LogP contribution < -0.4 is 0 Å². The smallest absolute Gasteiger partial charge is 0.341 e. The van der Waals surface area contributed by atoms with Crippen molar-refractivity contribution in [2.24, 2.45) is 0 Å². The number of hydrogen-bond donors (Lipinski definition) is 0. The average molecular weight is 390 g/mol. The Balaban J connectivity index is 1.62. The summed E-state index contributed by atoms with van der Waals surface area (Å²) in [5.41, 5.74) is 1.13. The standard InChI is InChI=1S/C18H18N2O4S2/c1-11-14(18(22)23-3)8-13(24-11)9-20(2)16(21)7-12-10-26-17(19-12)15-5-4-6-25-15/h4-6,8,10H,7,9H2,1-3H3. The Hall–Kier alpha value is -2.45. The van der Waals surface area contributed by atoms with Gasteiger partial charge in [0.25, 0.3) is 0 Å². The second-order valence-electron chi connectivity index (χ2n) is 5.72. The number of esters is 1. The number of ether oxygens (including phenoxy) is 1. The van der Waals surface area contributed by atoms with Crippen molar-refractivity contribution < 1.29 is 18.7 Å². The van der Waals surface area contributed by atoms with E-state index in [1.54, 1.807) is 36.3 Å². The summed E-state index contributed by atoms with van der Waals surface area (Å²) in [4.78, 5) is 31.3. The highest BCUT2D eigenvalue weighted by molar-refractivity contribution is 7.20. The van der Waals surface area contributed by atoms with Gasteiger partial charge in [-0.25, -0.2) is 9.78 Å². The molecule has 0 aliphatic carbocycles. The average Bonchev–Trinajstić information content (AvgIpc) is 3.34. The maximum atomic E-state index is 12.5. The molecule has 0 spiro atoms. The van der Waals surface area contributed by atoms with E-state index in [2.05, 4.69) is 4.98 Å². The van der Waals surface area contributed by atoms with Gasteiger partial charge in [-0.1, -0.05) is 6.07 Å². The molecule has 136 valence electrons. The molecule has 0 unspecified atom stereocenters. The van der Waals surface area contributed by atoms with Gasteiger partial charge in [0, 0.05) is 12.4 Å². The van der Waals surface area contributed by atoms with Crippen molar-refractivity contribution in [2.45, 2.75) is 19.9 Å². The fraction of sp³-hybridized carbons (Fsp3) is 0.278. The Labute approximate surface area is 159 Å². The van der Waals surface area contributed by atoms with Crippen molar-refractivity contribution in [1.82, 2.24) is 9.88 Å². The molecule has 1 amide bonds. The summed E-state index contributed by atoms with van der Waals surface area (Å²) in [6.45, 7) is 1.97. The number of nitrogens with zero attached hydrogens (tertiary/aromatic N) is 2. The van der Waals surface area contributed by atoms with E-state index in [1.807, 2.05) is 22.9 Å². The number of likely N-dealkylation sites (N-methyl/N-ethyl adjacent to an activating group) is 1. The van der Waals surface area contributed by atoms with Crippen LogP contribution in [0.5, 0.6) is 0 Å². The summed E-state index contributed by atoms with van der Waals surface area (Å²) in [6.07, 6.45) is 0.224. The van der Waals surface area contributed by atoms with Crippen LogP contribution in [0, 0.1) is 6.92 Å². The lowest BCUT2D eigenvalue weighted by Crippen LogP contribution is -2.27. The molecule has 3 rings (SSSR count). The van der Waals surface area contributed by atoms with Gasteiger partial charge in [-0.05, 0) is 24.4 Å². The molecule has 0 saturated carbocycles. The fourth-order valence-electron chi connectivity index (χ4n) is 2.45. The van der Waals surface area contributed by atoms with Crippen LogP contribution >= 0.6 is 22.7 Å². The second-order valence-corrected chi connectivity index (χ2v) is 7.53. The van der Waals surface area contributed by atoms with E-state index in [0.29, 0.717) is 17.1 Å². The molecule has 3 heterocycles. The third-order valence-electron chi connectivity index (χ3n) is 3.81. The van der Waals surface area contributed by atoms with Crippen molar-refractivity contribution in [3.05, 3.63) is 51.7 Å². The number of furan rings is 1. The van der Waals surface area contributed by atoms with E-state index in [-0.39, 0.29) is 18.9 Å². The SMILES string of the molecule is COC(=O)c1cc(CN(C)C(=O)Cc2csc(-c3cccs3)n2)oc1C. The van der Waals surface area contributed by atoms with Crippen molar-refractivity contribution >= 4 is 34.6 Å². The minimum absolute atomic E-state index is 0.0679. The molecule has 0 saturated heterocycles. The third-order valence-corrected chi connectivity index (χ3v) is 5.74. The minimum atomic E-state index is -0.449. The number of carbonyl (C=O) groups is 2. The van der Waals surface area contributed by atoms with E-state index in [4.69, 9.17) is 9.15 Å². The highest BCUT2D eigenvalue weighted by atomic mass is 32.1. The highest BCUT2D eigenvalue weighted by Crippen LogP contribution is 2.28.